The fourth-order valence-corrected chi connectivity index (χ4v) is 4.23. The second-order valence-corrected chi connectivity index (χ2v) is 7.45. The maximum atomic E-state index is 14.5. The van der Waals surface area contributed by atoms with Gasteiger partial charge in [-0.25, -0.2) is 14.4 Å². The Morgan fingerprint density at radius 2 is 2.10 bits per heavy atom. The van der Waals surface area contributed by atoms with Gasteiger partial charge in [-0.3, -0.25) is 9.38 Å². The van der Waals surface area contributed by atoms with Crippen molar-refractivity contribution in [1.29, 1.82) is 5.26 Å². The second-order valence-electron chi connectivity index (χ2n) is 7.45. The Balaban J connectivity index is 1.57. The first-order chi connectivity index (χ1) is 15.2. The number of nitrogens with zero attached hydrogens (tertiary/aromatic N) is 5. The smallest absolute Gasteiger partial charge is 0.208 e. The Morgan fingerprint density at radius 3 is 2.94 bits per heavy atom. The van der Waals surface area contributed by atoms with Gasteiger partial charge in [0.15, 0.2) is 11.3 Å². The molecule has 1 aromatic carbocycles. The van der Waals surface area contributed by atoms with E-state index < -0.39 is 0 Å². The third kappa shape index (κ3) is 3.29. The van der Waals surface area contributed by atoms with E-state index in [1.54, 1.807) is 29.1 Å². The zero-order chi connectivity index (χ0) is 21.4. The monoisotopic (exact) mass is 414 g/mol. The van der Waals surface area contributed by atoms with E-state index in [0.717, 1.165) is 24.8 Å². The van der Waals surface area contributed by atoms with E-state index >= 15 is 0 Å². The van der Waals surface area contributed by atoms with Crippen LogP contribution in [0, 0.1) is 17.1 Å². The minimum Gasteiger partial charge on any atom is -0.390 e. The summed E-state index contributed by atoms with van der Waals surface area (Å²) in [6, 6.07) is 9.04. The van der Waals surface area contributed by atoms with Gasteiger partial charge in [-0.15, -0.1) is 0 Å². The number of fused-ring (bicyclic) bond motifs is 2. The molecule has 31 heavy (non-hydrogen) atoms. The summed E-state index contributed by atoms with van der Waals surface area (Å²) in [5.41, 5.74) is 5.52. The van der Waals surface area contributed by atoms with Crippen LogP contribution in [0.5, 0.6) is 0 Å². The van der Waals surface area contributed by atoms with Gasteiger partial charge in [-0.05, 0) is 42.5 Å². The van der Waals surface area contributed by atoms with Crippen LogP contribution in [0.1, 0.15) is 34.5 Å². The molecule has 0 amide bonds. The lowest BCUT2D eigenvalue weighted by Gasteiger charge is -2.14. The molecule has 0 saturated carbocycles. The van der Waals surface area contributed by atoms with Gasteiger partial charge < -0.3 is 10.4 Å². The van der Waals surface area contributed by atoms with Gasteiger partial charge in [0.05, 0.1) is 18.5 Å². The van der Waals surface area contributed by atoms with Crippen LogP contribution in [-0.4, -0.2) is 24.5 Å². The van der Waals surface area contributed by atoms with Crippen molar-refractivity contribution in [2.45, 2.75) is 32.4 Å². The van der Waals surface area contributed by atoms with E-state index in [1.165, 1.54) is 11.6 Å². The number of aliphatic hydroxyl groups excluding tert-OH is 1. The van der Waals surface area contributed by atoms with Gasteiger partial charge in [0.1, 0.15) is 11.9 Å². The van der Waals surface area contributed by atoms with Crippen LogP contribution >= 0.6 is 0 Å². The Hall–Kier alpha value is -3.83. The normalized spacial score (nSPS) is 12.7. The maximum Gasteiger partial charge on any atom is 0.208 e. The summed E-state index contributed by atoms with van der Waals surface area (Å²) in [5.74, 6) is 0.226. The van der Waals surface area contributed by atoms with E-state index in [2.05, 4.69) is 26.3 Å². The summed E-state index contributed by atoms with van der Waals surface area (Å²) < 4.78 is 16.2. The number of benzene rings is 1. The average Bonchev–Trinajstić information content (AvgIpc) is 3.45. The number of pyridine rings is 1. The van der Waals surface area contributed by atoms with E-state index in [-0.39, 0.29) is 24.7 Å². The Morgan fingerprint density at radius 1 is 1.19 bits per heavy atom. The highest BCUT2D eigenvalue weighted by atomic mass is 19.1. The van der Waals surface area contributed by atoms with Crippen molar-refractivity contribution >= 4 is 11.6 Å². The summed E-state index contributed by atoms with van der Waals surface area (Å²) in [6.45, 7) is 0.0534. The number of aliphatic hydroxyl groups is 1. The van der Waals surface area contributed by atoms with Crippen LogP contribution in [0.3, 0.4) is 0 Å². The fraction of sp³-hybridized carbons (Fsp3) is 0.217. The third-order valence-electron chi connectivity index (χ3n) is 5.70. The molecule has 3 aromatic heterocycles. The number of hydrogen-bond donors (Lipinski definition) is 2. The van der Waals surface area contributed by atoms with E-state index in [9.17, 15) is 14.8 Å². The fourth-order valence-electron chi connectivity index (χ4n) is 4.23. The van der Waals surface area contributed by atoms with Crippen molar-refractivity contribution in [2.24, 2.45) is 0 Å². The summed E-state index contributed by atoms with van der Waals surface area (Å²) in [4.78, 5) is 13.1. The minimum absolute atomic E-state index is 0.229. The lowest BCUT2D eigenvalue weighted by atomic mass is 10.0. The Kier molecular flexibility index (Phi) is 4.81. The molecule has 0 unspecified atom stereocenters. The summed E-state index contributed by atoms with van der Waals surface area (Å²) in [5, 5.41) is 22.3. The molecule has 0 radical (unpaired) electrons. The number of halogens is 1. The van der Waals surface area contributed by atoms with Crippen LogP contribution in [0.25, 0.3) is 16.8 Å². The topological polar surface area (TPSA) is 99.1 Å². The molecule has 5 rings (SSSR count). The molecular formula is C23H19FN6O. The Bertz CT molecular complexity index is 1340. The SMILES string of the molecule is N#Cc1cn2c(NCc3c(F)ccc4c3CCC4)ncc(-c3cccnc3CO)c2n1. The van der Waals surface area contributed by atoms with Gasteiger partial charge in [-0.2, -0.15) is 5.26 Å². The number of nitrogens with one attached hydrogen (secondary N) is 1. The maximum absolute atomic E-state index is 14.5. The van der Waals surface area contributed by atoms with Crippen molar-refractivity contribution < 1.29 is 9.50 Å². The van der Waals surface area contributed by atoms with Gasteiger partial charge in [0.25, 0.3) is 0 Å². The molecule has 8 heteroatoms. The molecule has 3 heterocycles. The van der Waals surface area contributed by atoms with E-state index in [1.807, 2.05) is 12.1 Å². The van der Waals surface area contributed by atoms with Gasteiger partial charge >= 0.3 is 0 Å². The molecule has 7 nitrogen and oxygen atoms in total. The first kappa shape index (κ1) is 19.2. The lowest BCUT2D eigenvalue weighted by molar-refractivity contribution is 0.277. The van der Waals surface area contributed by atoms with Crippen LogP contribution < -0.4 is 5.32 Å². The van der Waals surface area contributed by atoms with Crippen LogP contribution in [0.4, 0.5) is 10.3 Å². The zero-order valence-corrected chi connectivity index (χ0v) is 16.6. The molecule has 154 valence electrons. The zero-order valence-electron chi connectivity index (χ0n) is 16.6. The number of nitriles is 1. The average molecular weight is 414 g/mol. The van der Waals surface area contributed by atoms with Gasteiger partial charge in [-0.1, -0.05) is 12.1 Å². The van der Waals surface area contributed by atoms with Crippen molar-refractivity contribution in [3.63, 3.8) is 0 Å². The third-order valence-corrected chi connectivity index (χ3v) is 5.70. The summed E-state index contributed by atoms with van der Waals surface area (Å²) in [7, 11) is 0. The number of aromatic nitrogens is 4. The van der Waals surface area contributed by atoms with Crippen molar-refractivity contribution in [1.82, 2.24) is 19.4 Å². The van der Waals surface area contributed by atoms with Crippen molar-refractivity contribution in [3.8, 4) is 17.2 Å². The largest absolute Gasteiger partial charge is 0.390 e. The predicted molar refractivity (Wildman–Crippen MR) is 113 cm³/mol. The number of hydrogen-bond acceptors (Lipinski definition) is 6. The van der Waals surface area contributed by atoms with Crippen LogP contribution in [-0.2, 0) is 26.0 Å². The number of aryl methyl sites for hydroxylation is 1. The number of anilines is 1. The molecule has 2 N–H and O–H groups in total. The highest BCUT2D eigenvalue weighted by Gasteiger charge is 2.19. The quantitative estimate of drug-likeness (QED) is 0.519. The first-order valence-electron chi connectivity index (χ1n) is 10.1. The molecule has 0 saturated heterocycles. The molecule has 0 fully saturated rings. The summed E-state index contributed by atoms with van der Waals surface area (Å²) >= 11 is 0. The molecule has 0 aliphatic heterocycles. The molecule has 1 aliphatic carbocycles. The molecular weight excluding hydrogens is 395 g/mol. The molecule has 1 aliphatic rings. The minimum atomic E-state index is -0.230. The Labute approximate surface area is 177 Å². The summed E-state index contributed by atoms with van der Waals surface area (Å²) in [6.07, 6.45) is 7.72. The van der Waals surface area contributed by atoms with Gasteiger partial charge in [0.2, 0.25) is 5.95 Å². The van der Waals surface area contributed by atoms with Crippen LogP contribution in [0.2, 0.25) is 0 Å². The van der Waals surface area contributed by atoms with Gasteiger partial charge in [0, 0.05) is 35.6 Å². The molecule has 4 aromatic rings. The first-order valence-corrected chi connectivity index (χ1v) is 10.1. The lowest BCUT2D eigenvalue weighted by Crippen LogP contribution is -2.10. The highest BCUT2D eigenvalue weighted by molar-refractivity contribution is 5.79. The van der Waals surface area contributed by atoms with E-state index in [4.69, 9.17) is 0 Å². The number of rotatable bonds is 5. The standard InChI is InChI=1S/C23H19FN6O/c24-20-7-6-14-3-1-4-16(14)18(20)10-27-23-28-11-19(17-5-2-8-26-21(17)13-31)22-29-15(9-25)12-30(22)23/h2,5-8,11-12,31H,1,3-4,10,13H2,(H,27,28). The molecule has 0 spiro atoms. The van der Waals surface area contributed by atoms with Crippen molar-refractivity contribution in [2.75, 3.05) is 5.32 Å². The molecule has 0 atom stereocenters. The van der Waals surface area contributed by atoms with E-state index in [0.29, 0.717) is 34.0 Å². The highest BCUT2D eigenvalue weighted by Crippen LogP contribution is 2.30. The molecule has 0 bridgehead atoms. The second kappa shape index (κ2) is 7.78. The number of imidazole rings is 1. The van der Waals surface area contributed by atoms with Crippen LogP contribution in [0.15, 0.2) is 42.9 Å². The predicted octanol–water partition coefficient (Wildman–Crippen LogP) is 3.40. The van der Waals surface area contributed by atoms with Crippen molar-refractivity contribution in [3.05, 3.63) is 76.8 Å².